The van der Waals surface area contributed by atoms with E-state index in [9.17, 15) is 14.7 Å². The Balaban J connectivity index is 1.78. The number of morpholine rings is 1. The lowest BCUT2D eigenvalue weighted by Crippen LogP contribution is -2.42. The highest BCUT2D eigenvalue weighted by atomic mass is 35.5. The van der Waals surface area contributed by atoms with Crippen molar-refractivity contribution in [2.45, 2.75) is 13.0 Å². The molecule has 2 aliphatic heterocycles. The summed E-state index contributed by atoms with van der Waals surface area (Å²) in [6.45, 7) is 5.46. The van der Waals surface area contributed by atoms with Gasteiger partial charge in [-0.1, -0.05) is 29.3 Å². The molecule has 2 fully saturated rings. The molecule has 2 saturated heterocycles. The van der Waals surface area contributed by atoms with Crippen molar-refractivity contribution in [2.24, 2.45) is 0 Å². The Bertz CT molecular complexity index is 1140. The lowest BCUT2D eigenvalue weighted by Gasteiger charge is -2.31. The van der Waals surface area contributed by atoms with Gasteiger partial charge in [0, 0.05) is 41.8 Å². The third kappa shape index (κ3) is 4.79. The summed E-state index contributed by atoms with van der Waals surface area (Å²) in [6.07, 6.45) is 0. The molecule has 7 nitrogen and oxygen atoms in total. The first-order valence-electron chi connectivity index (χ1n) is 11.0. The molecule has 1 amide bonds. The minimum atomic E-state index is -0.840. The highest BCUT2D eigenvalue weighted by molar-refractivity contribution is 6.47. The van der Waals surface area contributed by atoms with E-state index < -0.39 is 17.7 Å². The van der Waals surface area contributed by atoms with Gasteiger partial charge in [-0.15, -0.1) is 0 Å². The van der Waals surface area contributed by atoms with Crippen LogP contribution in [0.2, 0.25) is 10.0 Å². The van der Waals surface area contributed by atoms with Crippen LogP contribution in [0.3, 0.4) is 0 Å². The summed E-state index contributed by atoms with van der Waals surface area (Å²) < 4.78 is 10.7. The molecule has 0 saturated carbocycles. The van der Waals surface area contributed by atoms with Gasteiger partial charge < -0.3 is 19.5 Å². The molecule has 0 aliphatic carbocycles. The molecule has 180 valence electrons. The fraction of sp³-hybridized carbons (Fsp3) is 0.360. The number of aliphatic hydroxyl groups is 1. The number of amides is 1. The number of methoxy groups -OCH3 is 1. The summed E-state index contributed by atoms with van der Waals surface area (Å²) in [6, 6.07) is 9.16. The Morgan fingerprint density at radius 3 is 2.50 bits per heavy atom. The molecule has 2 heterocycles. The minimum absolute atomic E-state index is 0.000710. The molecule has 0 radical (unpaired) electrons. The summed E-state index contributed by atoms with van der Waals surface area (Å²) in [5.74, 6) is -1.02. The lowest BCUT2D eigenvalue weighted by molar-refractivity contribution is -0.140. The number of aryl methyl sites for hydroxylation is 1. The molecule has 1 N–H and O–H groups in total. The van der Waals surface area contributed by atoms with Crippen LogP contribution in [0.5, 0.6) is 5.75 Å². The van der Waals surface area contributed by atoms with Crippen LogP contribution < -0.4 is 4.74 Å². The molecular formula is C25H26Cl2N2O5. The van der Waals surface area contributed by atoms with E-state index in [4.69, 9.17) is 32.7 Å². The third-order valence-electron chi connectivity index (χ3n) is 6.23. The molecule has 2 aromatic rings. The van der Waals surface area contributed by atoms with Crippen molar-refractivity contribution in [2.75, 3.05) is 46.5 Å². The van der Waals surface area contributed by atoms with Crippen molar-refractivity contribution < 1.29 is 24.2 Å². The molecule has 0 spiro atoms. The van der Waals surface area contributed by atoms with E-state index in [0.29, 0.717) is 53.2 Å². The van der Waals surface area contributed by atoms with Crippen molar-refractivity contribution in [3.8, 4) is 5.75 Å². The monoisotopic (exact) mass is 504 g/mol. The Morgan fingerprint density at radius 2 is 1.85 bits per heavy atom. The smallest absolute Gasteiger partial charge is 0.295 e. The molecule has 1 atom stereocenters. The topological polar surface area (TPSA) is 79.3 Å². The SMILES string of the molecule is COc1ccc(C(O)=C2C(=O)C(=O)N(CCN3CCOCC3)[C@@H]2c2ccc(Cl)cc2Cl)cc1C. The lowest BCUT2D eigenvalue weighted by atomic mass is 9.94. The molecule has 4 rings (SSSR count). The molecule has 34 heavy (non-hydrogen) atoms. The number of ether oxygens (including phenoxy) is 2. The summed E-state index contributed by atoms with van der Waals surface area (Å²) in [4.78, 5) is 30.0. The molecule has 0 bridgehead atoms. The predicted octanol–water partition coefficient (Wildman–Crippen LogP) is 4.06. The van der Waals surface area contributed by atoms with Crippen LogP contribution >= 0.6 is 23.2 Å². The number of halogens is 2. The number of rotatable bonds is 6. The first kappa shape index (κ1) is 24.5. The number of hydrogen-bond acceptors (Lipinski definition) is 6. The Kier molecular flexibility index (Phi) is 7.48. The van der Waals surface area contributed by atoms with Crippen LogP contribution in [0.25, 0.3) is 5.76 Å². The van der Waals surface area contributed by atoms with Gasteiger partial charge in [-0.2, -0.15) is 0 Å². The highest BCUT2D eigenvalue weighted by Crippen LogP contribution is 2.42. The number of nitrogens with zero attached hydrogens (tertiary/aromatic N) is 2. The largest absolute Gasteiger partial charge is 0.507 e. The van der Waals surface area contributed by atoms with Crippen molar-refractivity contribution in [1.29, 1.82) is 0 Å². The van der Waals surface area contributed by atoms with Gasteiger partial charge in [0.2, 0.25) is 0 Å². The Morgan fingerprint density at radius 1 is 1.12 bits per heavy atom. The van der Waals surface area contributed by atoms with Gasteiger partial charge >= 0.3 is 0 Å². The van der Waals surface area contributed by atoms with Gasteiger partial charge in [0.25, 0.3) is 11.7 Å². The normalized spacial score (nSPS) is 20.7. The average Bonchev–Trinajstić information content (AvgIpc) is 3.07. The van der Waals surface area contributed by atoms with E-state index in [0.717, 1.165) is 18.7 Å². The van der Waals surface area contributed by atoms with Crippen molar-refractivity contribution in [1.82, 2.24) is 9.80 Å². The van der Waals surface area contributed by atoms with E-state index in [-0.39, 0.29) is 11.3 Å². The maximum Gasteiger partial charge on any atom is 0.295 e. The number of hydrogen-bond donors (Lipinski definition) is 1. The van der Waals surface area contributed by atoms with Crippen LogP contribution in [0.1, 0.15) is 22.7 Å². The van der Waals surface area contributed by atoms with E-state index in [1.54, 1.807) is 43.5 Å². The van der Waals surface area contributed by atoms with Gasteiger partial charge in [-0.25, -0.2) is 0 Å². The van der Waals surface area contributed by atoms with Crippen molar-refractivity contribution >= 4 is 40.7 Å². The second-order valence-corrected chi connectivity index (χ2v) is 9.14. The molecule has 0 unspecified atom stereocenters. The highest BCUT2D eigenvalue weighted by Gasteiger charge is 2.46. The van der Waals surface area contributed by atoms with Gasteiger partial charge in [0.05, 0.1) is 31.9 Å². The summed E-state index contributed by atoms with van der Waals surface area (Å²) >= 11 is 12.6. The van der Waals surface area contributed by atoms with Crippen LogP contribution in [0.4, 0.5) is 0 Å². The third-order valence-corrected chi connectivity index (χ3v) is 6.79. The van der Waals surface area contributed by atoms with E-state index >= 15 is 0 Å². The second-order valence-electron chi connectivity index (χ2n) is 8.30. The standard InChI is InChI=1S/C25H26Cl2N2O5/c1-15-13-16(3-6-20(15)33-2)23(30)21-22(18-5-4-17(26)14-19(18)27)29(25(32)24(21)31)8-7-28-9-11-34-12-10-28/h3-6,13-14,22,30H,7-12H2,1-2H3/t22-/m1/s1. The summed E-state index contributed by atoms with van der Waals surface area (Å²) in [5, 5.41) is 12.0. The van der Waals surface area contributed by atoms with Gasteiger partial charge in [-0.05, 0) is 48.4 Å². The first-order chi connectivity index (χ1) is 16.3. The van der Waals surface area contributed by atoms with Gasteiger partial charge in [-0.3, -0.25) is 14.5 Å². The van der Waals surface area contributed by atoms with E-state index in [1.165, 1.54) is 4.90 Å². The average molecular weight is 505 g/mol. The second kappa shape index (κ2) is 10.4. The fourth-order valence-electron chi connectivity index (χ4n) is 4.41. The maximum atomic E-state index is 13.2. The zero-order valence-electron chi connectivity index (χ0n) is 19.0. The Hall–Kier alpha value is -2.58. The number of Topliss-reactive ketones (excluding diaryl/α,β-unsaturated/α-hetero) is 1. The summed E-state index contributed by atoms with van der Waals surface area (Å²) in [7, 11) is 1.56. The molecule has 9 heteroatoms. The molecule has 0 aromatic heterocycles. The predicted molar refractivity (Wildman–Crippen MR) is 130 cm³/mol. The first-order valence-corrected chi connectivity index (χ1v) is 11.8. The Labute approximate surface area is 208 Å². The van der Waals surface area contributed by atoms with Gasteiger partial charge in [0.1, 0.15) is 11.5 Å². The minimum Gasteiger partial charge on any atom is -0.507 e. The summed E-state index contributed by atoms with van der Waals surface area (Å²) in [5.41, 5.74) is 1.73. The van der Waals surface area contributed by atoms with E-state index in [2.05, 4.69) is 4.90 Å². The number of benzene rings is 2. The van der Waals surface area contributed by atoms with Crippen LogP contribution in [-0.4, -0.2) is 73.1 Å². The van der Waals surface area contributed by atoms with Gasteiger partial charge in [0.15, 0.2) is 0 Å². The van der Waals surface area contributed by atoms with Crippen LogP contribution in [0, 0.1) is 6.92 Å². The van der Waals surface area contributed by atoms with Crippen LogP contribution in [0.15, 0.2) is 42.0 Å². The molecule has 2 aromatic carbocycles. The quantitative estimate of drug-likeness (QED) is 0.363. The molecular weight excluding hydrogens is 479 g/mol. The fourth-order valence-corrected chi connectivity index (χ4v) is 4.92. The maximum absolute atomic E-state index is 13.2. The number of aliphatic hydroxyl groups excluding tert-OH is 1. The van der Waals surface area contributed by atoms with Crippen LogP contribution in [-0.2, 0) is 14.3 Å². The molecule has 2 aliphatic rings. The zero-order chi connectivity index (χ0) is 24.4. The number of carbonyl (C=O) groups is 2. The van der Waals surface area contributed by atoms with Crippen molar-refractivity contribution in [3.05, 3.63) is 68.7 Å². The zero-order valence-corrected chi connectivity index (χ0v) is 20.5. The van der Waals surface area contributed by atoms with Crippen molar-refractivity contribution in [3.63, 3.8) is 0 Å². The van der Waals surface area contributed by atoms with E-state index in [1.807, 2.05) is 6.92 Å². The number of ketones is 1. The number of likely N-dealkylation sites (tertiary alicyclic amines) is 1. The number of carbonyl (C=O) groups excluding carboxylic acids is 2.